The summed E-state index contributed by atoms with van der Waals surface area (Å²) < 4.78 is 33.7. The molecule has 0 aliphatic carbocycles. The molecular formula is C24H25N3O7. The molecule has 0 unspecified atom stereocenters. The van der Waals surface area contributed by atoms with Gasteiger partial charge in [0.25, 0.3) is 0 Å². The SMILES string of the molecule is COc1cc2ncnc(Nc3ccc(O[C@H]4CO[C@H]5[C@@H]4OC[C@@H]5OC(C)=O)cc3)c2cc1OC. The maximum Gasteiger partial charge on any atom is 0.303 e. The molecular weight excluding hydrogens is 442 g/mol. The van der Waals surface area contributed by atoms with Crippen molar-refractivity contribution in [1.82, 2.24) is 9.97 Å². The Morgan fingerprint density at radius 3 is 2.35 bits per heavy atom. The van der Waals surface area contributed by atoms with E-state index in [0.717, 1.165) is 16.6 Å². The van der Waals surface area contributed by atoms with Crippen molar-refractivity contribution in [2.75, 3.05) is 32.8 Å². The van der Waals surface area contributed by atoms with Gasteiger partial charge in [0.05, 0.1) is 33.0 Å². The van der Waals surface area contributed by atoms with E-state index in [9.17, 15) is 4.79 Å². The molecule has 0 saturated carbocycles. The second-order valence-corrected chi connectivity index (χ2v) is 8.00. The lowest BCUT2D eigenvalue weighted by Crippen LogP contribution is -2.36. The number of methoxy groups -OCH3 is 2. The number of rotatable bonds is 7. The van der Waals surface area contributed by atoms with Gasteiger partial charge in [0.1, 0.15) is 30.1 Å². The third-order valence-corrected chi connectivity index (χ3v) is 5.83. The minimum Gasteiger partial charge on any atom is -0.493 e. The molecule has 3 heterocycles. The van der Waals surface area contributed by atoms with E-state index in [1.807, 2.05) is 36.4 Å². The summed E-state index contributed by atoms with van der Waals surface area (Å²) in [6.45, 7) is 2.05. The predicted molar refractivity (Wildman–Crippen MR) is 122 cm³/mol. The first-order valence-corrected chi connectivity index (χ1v) is 10.9. The zero-order chi connectivity index (χ0) is 23.7. The number of ether oxygens (including phenoxy) is 6. The average molecular weight is 467 g/mol. The molecule has 1 N–H and O–H groups in total. The minimum atomic E-state index is -0.399. The van der Waals surface area contributed by atoms with Crippen LogP contribution in [0.4, 0.5) is 11.5 Å². The smallest absolute Gasteiger partial charge is 0.303 e. The molecule has 34 heavy (non-hydrogen) atoms. The summed E-state index contributed by atoms with van der Waals surface area (Å²) in [5.74, 6) is 2.17. The van der Waals surface area contributed by atoms with Crippen molar-refractivity contribution >= 4 is 28.4 Å². The first-order valence-electron chi connectivity index (χ1n) is 10.9. The van der Waals surface area contributed by atoms with Crippen molar-refractivity contribution in [2.24, 2.45) is 0 Å². The van der Waals surface area contributed by atoms with Crippen molar-refractivity contribution in [3.63, 3.8) is 0 Å². The van der Waals surface area contributed by atoms with Crippen LogP contribution in [0.5, 0.6) is 17.2 Å². The Kier molecular flexibility index (Phi) is 6.08. The molecule has 0 radical (unpaired) electrons. The van der Waals surface area contributed by atoms with Crippen LogP contribution in [0.3, 0.4) is 0 Å². The average Bonchev–Trinajstić information content (AvgIpc) is 3.42. The number of nitrogens with one attached hydrogen (secondary N) is 1. The zero-order valence-electron chi connectivity index (χ0n) is 19.0. The molecule has 3 aromatic rings. The van der Waals surface area contributed by atoms with Gasteiger partial charge >= 0.3 is 5.97 Å². The van der Waals surface area contributed by atoms with E-state index in [1.54, 1.807) is 14.2 Å². The van der Waals surface area contributed by atoms with E-state index in [0.29, 0.717) is 36.3 Å². The van der Waals surface area contributed by atoms with Crippen molar-refractivity contribution in [3.8, 4) is 17.2 Å². The number of benzene rings is 2. The van der Waals surface area contributed by atoms with Crippen LogP contribution >= 0.6 is 0 Å². The van der Waals surface area contributed by atoms with Gasteiger partial charge in [-0.25, -0.2) is 9.97 Å². The van der Waals surface area contributed by atoms with E-state index in [-0.39, 0.29) is 24.3 Å². The number of hydrogen-bond donors (Lipinski definition) is 1. The molecule has 2 aliphatic heterocycles. The van der Waals surface area contributed by atoms with E-state index < -0.39 is 6.10 Å². The number of anilines is 2. The fraction of sp³-hybridized carbons (Fsp3) is 0.375. The normalized spacial score (nSPS) is 23.4. The predicted octanol–water partition coefficient (Wildman–Crippen LogP) is 2.87. The van der Waals surface area contributed by atoms with Crippen LogP contribution in [-0.4, -0.2) is 67.8 Å². The number of carbonyl (C=O) groups excluding carboxylic acids is 1. The van der Waals surface area contributed by atoms with Gasteiger partial charge in [0.2, 0.25) is 0 Å². The number of aromatic nitrogens is 2. The third kappa shape index (κ3) is 4.29. The van der Waals surface area contributed by atoms with Gasteiger partial charge in [-0.3, -0.25) is 4.79 Å². The van der Waals surface area contributed by atoms with E-state index in [2.05, 4.69) is 15.3 Å². The first kappa shape index (κ1) is 22.2. The van der Waals surface area contributed by atoms with Crippen LogP contribution < -0.4 is 19.5 Å². The Morgan fingerprint density at radius 1 is 0.971 bits per heavy atom. The van der Waals surface area contributed by atoms with Crippen molar-refractivity contribution < 1.29 is 33.2 Å². The molecule has 4 atom stereocenters. The summed E-state index contributed by atoms with van der Waals surface area (Å²) in [7, 11) is 3.17. The van der Waals surface area contributed by atoms with Crippen LogP contribution in [-0.2, 0) is 19.0 Å². The summed E-state index contributed by atoms with van der Waals surface area (Å²) in [6.07, 6.45) is 0.231. The van der Waals surface area contributed by atoms with Gasteiger partial charge in [0, 0.05) is 24.1 Å². The molecule has 2 aliphatic rings. The fourth-order valence-corrected chi connectivity index (χ4v) is 4.26. The number of fused-ring (bicyclic) bond motifs is 2. The Labute approximate surface area is 196 Å². The van der Waals surface area contributed by atoms with Crippen LogP contribution in [0.1, 0.15) is 6.92 Å². The maximum absolute atomic E-state index is 11.3. The molecule has 10 heteroatoms. The number of nitrogens with zero attached hydrogens (tertiary/aromatic N) is 2. The number of hydrogen-bond acceptors (Lipinski definition) is 10. The molecule has 1 aromatic heterocycles. The summed E-state index contributed by atoms with van der Waals surface area (Å²) in [5.41, 5.74) is 1.56. The van der Waals surface area contributed by atoms with Crippen molar-refractivity contribution in [2.45, 2.75) is 31.3 Å². The Hall–Kier alpha value is -3.63. The van der Waals surface area contributed by atoms with E-state index >= 15 is 0 Å². The summed E-state index contributed by atoms with van der Waals surface area (Å²) in [5, 5.41) is 4.12. The Bertz CT molecular complexity index is 1190. The van der Waals surface area contributed by atoms with Crippen LogP contribution in [0.25, 0.3) is 10.9 Å². The summed E-state index contributed by atoms with van der Waals surface area (Å²) in [4.78, 5) is 20.0. The van der Waals surface area contributed by atoms with Crippen LogP contribution in [0.15, 0.2) is 42.7 Å². The Morgan fingerprint density at radius 2 is 1.65 bits per heavy atom. The highest BCUT2D eigenvalue weighted by Gasteiger charge is 2.50. The number of carbonyl (C=O) groups is 1. The van der Waals surface area contributed by atoms with Gasteiger partial charge < -0.3 is 33.7 Å². The molecule has 2 aromatic carbocycles. The maximum atomic E-state index is 11.3. The minimum absolute atomic E-state index is 0.276. The lowest BCUT2D eigenvalue weighted by molar-refractivity contribution is -0.150. The van der Waals surface area contributed by atoms with Crippen molar-refractivity contribution in [1.29, 1.82) is 0 Å². The molecule has 178 valence electrons. The third-order valence-electron chi connectivity index (χ3n) is 5.83. The molecule has 10 nitrogen and oxygen atoms in total. The van der Waals surface area contributed by atoms with Gasteiger partial charge in [-0.2, -0.15) is 0 Å². The topological polar surface area (TPSA) is 110 Å². The van der Waals surface area contributed by atoms with E-state index in [1.165, 1.54) is 13.3 Å². The van der Waals surface area contributed by atoms with E-state index in [4.69, 9.17) is 28.4 Å². The summed E-state index contributed by atoms with van der Waals surface area (Å²) >= 11 is 0. The van der Waals surface area contributed by atoms with Gasteiger partial charge in [-0.15, -0.1) is 0 Å². The first-order chi connectivity index (χ1) is 16.6. The largest absolute Gasteiger partial charge is 0.493 e. The summed E-state index contributed by atoms with van der Waals surface area (Å²) in [6, 6.07) is 11.2. The lowest BCUT2D eigenvalue weighted by atomic mass is 10.1. The monoisotopic (exact) mass is 467 g/mol. The second-order valence-electron chi connectivity index (χ2n) is 8.00. The highest BCUT2D eigenvalue weighted by atomic mass is 16.7. The molecule has 2 saturated heterocycles. The molecule has 0 spiro atoms. The van der Waals surface area contributed by atoms with Crippen LogP contribution in [0, 0.1) is 0 Å². The Balaban J connectivity index is 1.27. The second kappa shape index (κ2) is 9.32. The van der Waals surface area contributed by atoms with Gasteiger partial charge in [-0.05, 0) is 30.3 Å². The van der Waals surface area contributed by atoms with Gasteiger partial charge in [0.15, 0.2) is 23.7 Å². The van der Waals surface area contributed by atoms with Crippen molar-refractivity contribution in [3.05, 3.63) is 42.7 Å². The van der Waals surface area contributed by atoms with Crippen LogP contribution in [0.2, 0.25) is 0 Å². The zero-order valence-corrected chi connectivity index (χ0v) is 19.0. The molecule has 0 amide bonds. The highest BCUT2D eigenvalue weighted by Crippen LogP contribution is 2.35. The molecule has 2 fully saturated rings. The molecule has 5 rings (SSSR count). The number of esters is 1. The molecule has 0 bridgehead atoms. The highest BCUT2D eigenvalue weighted by molar-refractivity contribution is 5.93. The quantitative estimate of drug-likeness (QED) is 0.521. The fourth-order valence-electron chi connectivity index (χ4n) is 4.26. The lowest BCUT2D eigenvalue weighted by Gasteiger charge is -2.18. The standard InChI is InChI=1S/C24H25N3O7/c1-13(28)33-20-10-31-23-21(11-32-22(20)23)34-15-6-4-14(5-7-15)27-24-16-8-18(29-2)19(30-3)9-17(16)25-12-26-24/h4-9,12,20-23H,10-11H2,1-3H3,(H,25,26,27)/t20-,21-,22+,23+/m0/s1. The van der Waals surface area contributed by atoms with Gasteiger partial charge in [-0.1, -0.05) is 0 Å².